The van der Waals surface area contributed by atoms with Crippen LogP contribution in [0.3, 0.4) is 0 Å². The molecule has 2 amide bonds. The predicted molar refractivity (Wildman–Crippen MR) is 169 cm³/mol. The maximum absolute atomic E-state index is 12.7. The predicted octanol–water partition coefficient (Wildman–Crippen LogP) is 4.90. The summed E-state index contributed by atoms with van der Waals surface area (Å²) in [5, 5.41) is 8.99. The molecule has 5 N–H and O–H groups in total. The molecule has 2 fully saturated rings. The molecule has 9 nitrogen and oxygen atoms in total. The van der Waals surface area contributed by atoms with E-state index in [-0.39, 0.29) is 24.3 Å². The highest BCUT2D eigenvalue weighted by molar-refractivity contribution is 6.00. The van der Waals surface area contributed by atoms with Gasteiger partial charge < -0.3 is 26.0 Å². The summed E-state index contributed by atoms with van der Waals surface area (Å²) in [4.78, 5) is 40.1. The maximum Gasteiger partial charge on any atom is 0.411 e. The normalized spacial score (nSPS) is 16.3. The van der Waals surface area contributed by atoms with Crippen LogP contribution in [-0.4, -0.2) is 67.6 Å². The Morgan fingerprint density at radius 2 is 1.63 bits per heavy atom. The van der Waals surface area contributed by atoms with Crippen LogP contribution in [0.25, 0.3) is 11.1 Å². The van der Waals surface area contributed by atoms with Crippen LogP contribution in [0, 0.1) is 5.92 Å². The van der Waals surface area contributed by atoms with Gasteiger partial charge in [0.15, 0.2) is 5.78 Å². The summed E-state index contributed by atoms with van der Waals surface area (Å²) < 4.78 is 5.74. The van der Waals surface area contributed by atoms with E-state index >= 15 is 0 Å². The number of para-hydroxylation sites is 1. The quantitative estimate of drug-likeness (QED) is 0.167. The Balaban J connectivity index is 0.984. The summed E-state index contributed by atoms with van der Waals surface area (Å²) in [5.41, 5.74) is 9.84. The van der Waals surface area contributed by atoms with Gasteiger partial charge in [0.2, 0.25) is 5.91 Å². The fourth-order valence-electron chi connectivity index (χ4n) is 5.37. The summed E-state index contributed by atoms with van der Waals surface area (Å²) >= 11 is 0. The summed E-state index contributed by atoms with van der Waals surface area (Å²) in [5.74, 6) is 0.322. The number of nitrogens with zero attached hydrogens (tertiary/aromatic N) is 1. The zero-order valence-electron chi connectivity index (χ0n) is 24.5. The number of hydrogen-bond donors (Lipinski definition) is 4. The van der Waals surface area contributed by atoms with Gasteiger partial charge in [-0.25, -0.2) is 4.79 Å². The standard InChI is InChI=1S/C34H41N5O4/c35-30(21-24-13-14-24)33(41)37-27-10-6-9-26(22-27)32(40)23-36-17-20-39-18-15-28(16-19-39)43-34(42)38-31-12-5-4-11-29(31)25-7-2-1-3-8-25/h1-12,22,24,28,30,36H,13-21,23,35H2,(H,37,41)(H,38,42). The lowest BCUT2D eigenvalue weighted by molar-refractivity contribution is -0.117. The summed E-state index contributed by atoms with van der Waals surface area (Å²) in [6.45, 7) is 3.31. The second kappa shape index (κ2) is 14.9. The first-order valence-electron chi connectivity index (χ1n) is 15.2. The summed E-state index contributed by atoms with van der Waals surface area (Å²) in [6.07, 6.45) is 3.95. The van der Waals surface area contributed by atoms with Crippen LogP contribution in [0.15, 0.2) is 78.9 Å². The number of carbonyl (C=O) groups is 3. The molecule has 0 bridgehead atoms. The Hall–Kier alpha value is -4.05. The molecular formula is C34H41N5O4. The molecule has 43 heavy (non-hydrogen) atoms. The first kappa shape index (κ1) is 30.4. The number of hydrogen-bond acceptors (Lipinski definition) is 7. The summed E-state index contributed by atoms with van der Waals surface area (Å²) in [7, 11) is 0. The fraction of sp³-hybridized carbons (Fsp3) is 0.382. The highest BCUT2D eigenvalue weighted by atomic mass is 16.6. The Bertz CT molecular complexity index is 1390. The van der Waals surface area contributed by atoms with Gasteiger partial charge in [-0.2, -0.15) is 0 Å². The molecule has 0 radical (unpaired) electrons. The van der Waals surface area contributed by atoms with E-state index in [9.17, 15) is 14.4 Å². The number of rotatable bonds is 13. The van der Waals surface area contributed by atoms with Crippen molar-refractivity contribution in [2.24, 2.45) is 11.7 Å². The van der Waals surface area contributed by atoms with Gasteiger partial charge >= 0.3 is 6.09 Å². The number of nitrogens with two attached hydrogens (primary N) is 1. The topological polar surface area (TPSA) is 126 Å². The van der Waals surface area contributed by atoms with E-state index in [2.05, 4.69) is 20.9 Å². The molecule has 5 rings (SSSR count). The average molecular weight is 584 g/mol. The molecule has 3 aromatic rings. The van der Waals surface area contributed by atoms with Gasteiger partial charge in [-0.15, -0.1) is 0 Å². The van der Waals surface area contributed by atoms with Crippen molar-refractivity contribution in [3.63, 3.8) is 0 Å². The van der Waals surface area contributed by atoms with Gasteiger partial charge in [0, 0.05) is 43.0 Å². The minimum Gasteiger partial charge on any atom is -0.446 e. The fourth-order valence-corrected chi connectivity index (χ4v) is 5.37. The molecule has 1 aliphatic heterocycles. The van der Waals surface area contributed by atoms with Crippen molar-refractivity contribution < 1.29 is 19.1 Å². The maximum atomic E-state index is 12.7. The van der Waals surface area contributed by atoms with Crippen LogP contribution in [-0.2, 0) is 9.53 Å². The van der Waals surface area contributed by atoms with Gasteiger partial charge in [-0.1, -0.05) is 73.5 Å². The molecular weight excluding hydrogens is 542 g/mol. The molecule has 1 saturated carbocycles. The minimum atomic E-state index is -0.523. The Labute approximate surface area is 253 Å². The number of benzene rings is 3. The van der Waals surface area contributed by atoms with E-state index in [1.165, 1.54) is 0 Å². The smallest absolute Gasteiger partial charge is 0.411 e. The first-order valence-corrected chi connectivity index (χ1v) is 15.2. The van der Waals surface area contributed by atoms with E-state index in [0.29, 0.717) is 30.1 Å². The highest BCUT2D eigenvalue weighted by Gasteiger charge is 2.27. The average Bonchev–Trinajstić information content (AvgIpc) is 3.85. The molecule has 1 atom stereocenters. The number of ether oxygens (including phenoxy) is 1. The van der Waals surface area contributed by atoms with Gasteiger partial charge in [0.25, 0.3) is 0 Å². The minimum absolute atomic E-state index is 0.0367. The lowest BCUT2D eigenvalue weighted by Gasteiger charge is -2.31. The van der Waals surface area contributed by atoms with Gasteiger partial charge in [-0.3, -0.25) is 14.9 Å². The number of anilines is 2. The van der Waals surface area contributed by atoms with E-state index in [1.807, 2.05) is 54.6 Å². The molecule has 1 aliphatic carbocycles. The molecule has 1 unspecified atom stereocenters. The lowest BCUT2D eigenvalue weighted by Crippen LogP contribution is -2.42. The van der Waals surface area contributed by atoms with Gasteiger partial charge in [0.05, 0.1) is 18.3 Å². The van der Waals surface area contributed by atoms with Crippen molar-refractivity contribution in [1.82, 2.24) is 10.2 Å². The van der Waals surface area contributed by atoms with Crippen molar-refractivity contribution in [1.29, 1.82) is 0 Å². The Kier molecular flexibility index (Phi) is 10.5. The molecule has 2 aliphatic rings. The van der Waals surface area contributed by atoms with Crippen LogP contribution in [0.5, 0.6) is 0 Å². The molecule has 226 valence electrons. The van der Waals surface area contributed by atoms with Crippen molar-refractivity contribution in [2.75, 3.05) is 43.4 Å². The number of amides is 2. The molecule has 0 aromatic heterocycles. The lowest BCUT2D eigenvalue weighted by atomic mass is 10.0. The van der Waals surface area contributed by atoms with Crippen molar-refractivity contribution in [3.05, 3.63) is 84.4 Å². The summed E-state index contributed by atoms with van der Waals surface area (Å²) in [6, 6.07) is 24.1. The largest absolute Gasteiger partial charge is 0.446 e. The number of nitrogens with one attached hydrogen (secondary N) is 3. The molecule has 1 heterocycles. The zero-order valence-corrected chi connectivity index (χ0v) is 24.5. The third-order valence-electron chi connectivity index (χ3n) is 8.02. The second-order valence-corrected chi connectivity index (χ2v) is 11.4. The zero-order chi connectivity index (χ0) is 30.0. The van der Waals surface area contributed by atoms with Crippen LogP contribution in [0.1, 0.15) is 42.5 Å². The van der Waals surface area contributed by atoms with E-state index in [1.54, 1.807) is 24.3 Å². The van der Waals surface area contributed by atoms with E-state index in [4.69, 9.17) is 10.5 Å². The number of carbonyl (C=O) groups excluding carboxylic acids is 3. The number of likely N-dealkylation sites (tertiary alicyclic amines) is 1. The molecule has 0 spiro atoms. The van der Waals surface area contributed by atoms with Crippen molar-refractivity contribution in [3.8, 4) is 11.1 Å². The number of ketones is 1. The monoisotopic (exact) mass is 583 g/mol. The molecule has 9 heteroatoms. The van der Waals surface area contributed by atoms with Crippen LogP contribution in [0.4, 0.5) is 16.2 Å². The number of piperidine rings is 1. The third kappa shape index (κ3) is 9.22. The van der Waals surface area contributed by atoms with Crippen LogP contribution in [0.2, 0.25) is 0 Å². The van der Waals surface area contributed by atoms with Crippen molar-refractivity contribution in [2.45, 2.75) is 44.2 Å². The SMILES string of the molecule is NC(CC1CC1)C(=O)Nc1cccc(C(=O)CNCCN2CCC(OC(=O)Nc3ccccc3-c3ccccc3)CC2)c1. The van der Waals surface area contributed by atoms with Crippen molar-refractivity contribution >= 4 is 29.2 Å². The first-order chi connectivity index (χ1) is 20.9. The Morgan fingerprint density at radius 3 is 2.40 bits per heavy atom. The highest BCUT2D eigenvalue weighted by Crippen LogP contribution is 2.33. The number of Topliss-reactive ketones (excluding diaryl/α,β-unsaturated/α-hetero) is 1. The third-order valence-corrected chi connectivity index (χ3v) is 8.02. The Morgan fingerprint density at radius 1 is 0.884 bits per heavy atom. The van der Waals surface area contributed by atoms with Gasteiger partial charge in [0.1, 0.15) is 6.10 Å². The van der Waals surface area contributed by atoms with E-state index < -0.39 is 12.1 Å². The van der Waals surface area contributed by atoms with Gasteiger partial charge in [-0.05, 0) is 48.9 Å². The van der Waals surface area contributed by atoms with E-state index in [0.717, 1.165) is 62.1 Å². The molecule has 3 aromatic carbocycles. The van der Waals surface area contributed by atoms with Crippen LogP contribution < -0.4 is 21.7 Å². The second-order valence-electron chi connectivity index (χ2n) is 11.4. The van der Waals surface area contributed by atoms with Crippen LogP contribution >= 0.6 is 0 Å². The molecule has 1 saturated heterocycles.